The van der Waals surface area contributed by atoms with E-state index in [-0.39, 0.29) is 16.8 Å². The molecule has 1 aliphatic carbocycles. The fraction of sp³-hybridized carbons (Fsp3) is 0.381. The quantitative estimate of drug-likeness (QED) is 0.720. The largest absolute Gasteiger partial charge is 0.495 e. The number of anilines is 1. The highest BCUT2D eigenvalue weighted by molar-refractivity contribution is 7.89. The molecule has 2 aromatic rings. The molecule has 1 N–H and O–H groups in total. The number of methoxy groups -OCH3 is 1. The first kappa shape index (κ1) is 21.6. The Labute approximate surface area is 176 Å². The summed E-state index contributed by atoms with van der Waals surface area (Å²) >= 11 is 5.99. The van der Waals surface area contributed by atoms with Crippen molar-refractivity contribution >= 4 is 33.2 Å². The molecular formula is C21H25ClN2O4S. The Balaban J connectivity index is 1.75. The molecule has 156 valence electrons. The van der Waals surface area contributed by atoms with Crippen molar-refractivity contribution in [1.82, 2.24) is 4.31 Å². The summed E-state index contributed by atoms with van der Waals surface area (Å²) in [6.45, 7) is 0. The first-order chi connectivity index (χ1) is 13.8. The number of nitrogens with one attached hydrogen (secondary N) is 1. The van der Waals surface area contributed by atoms with Crippen LogP contribution in [0.1, 0.15) is 42.5 Å². The Bertz CT molecular complexity index is 971. The van der Waals surface area contributed by atoms with E-state index in [4.69, 9.17) is 16.3 Å². The fourth-order valence-electron chi connectivity index (χ4n) is 3.56. The van der Waals surface area contributed by atoms with E-state index in [0.717, 1.165) is 32.1 Å². The van der Waals surface area contributed by atoms with Crippen molar-refractivity contribution in [1.29, 1.82) is 0 Å². The van der Waals surface area contributed by atoms with Crippen molar-refractivity contribution in [2.45, 2.75) is 43.0 Å². The second-order valence-electron chi connectivity index (χ2n) is 7.14. The minimum atomic E-state index is -3.59. The van der Waals surface area contributed by atoms with E-state index in [1.165, 1.54) is 35.7 Å². The first-order valence-electron chi connectivity index (χ1n) is 9.56. The van der Waals surface area contributed by atoms with Crippen LogP contribution in [0.4, 0.5) is 5.69 Å². The van der Waals surface area contributed by atoms with E-state index in [2.05, 4.69) is 5.32 Å². The van der Waals surface area contributed by atoms with Crippen molar-refractivity contribution in [3.05, 3.63) is 53.1 Å². The molecule has 6 nitrogen and oxygen atoms in total. The third-order valence-corrected chi connectivity index (χ3v) is 7.45. The molecule has 0 heterocycles. The van der Waals surface area contributed by atoms with E-state index < -0.39 is 10.0 Å². The van der Waals surface area contributed by atoms with Crippen molar-refractivity contribution in [3.8, 4) is 5.75 Å². The maximum atomic E-state index is 12.9. The standard InChI is InChI=1S/C21H25ClN2O4S/c1-24(17-6-4-3-5-7-17)29(26,27)18-11-8-15(9-12-18)21(25)23-19-14-16(22)10-13-20(19)28-2/h8-14,17H,3-7H2,1-2H3,(H,23,25). The van der Waals surface area contributed by atoms with E-state index in [9.17, 15) is 13.2 Å². The van der Waals surface area contributed by atoms with Crippen LogP contribution in [0.15, 0.2) is 47.4 Å². The molecule has 0 unspecified atom stereocenters. The van der Waals surface area contributed by atoms with Gasteiger partial charge in [0.15, 0.2) is 0 Å². The number of rotatable bonds is 6. The monoisotopic (exact) mass is 436 g/mol. The van der Waals surface area contributed by atoms with Gasteiger partial charge < -0.3 is 10.1 Å². The van der Waals surface area contributed by atoms with E-state index in [1.54, 1.807) is 25.2 Å². The number of amides is 1. The van der Waals surface area contributed by atoms with Gasteiger partial charge in [0.2, 0.25) is 10.0 Å². The lowest BCUT2D eigenvalue weighted by Crippen LogP contribution is -2.38. The number of sulfonamides is 1. The van der Waals surface area contributed by atoms with Gasteiger partial charge in [0.25, 0.3) is 5.91 Å². The number of carbonyl (C=O) groups excluding carboxylic acids is 1. The Hall–Kier alpha value is -2.09. The Morgan fingerprint density at radius 2 is 1.76 bits per heavy atom. The third-order valence-electron chi connectivity index (χ3n) is 5.29. The molecule has 0 saturated heterocycles. The molecule has 0 spiro atoms. The lowest BCUT2D eigenvalue weighted by atomic mass is 9.96. The van der Waals surface area contributed by atoms with Crippen molar-refractivity contribution in [3.63, 3.8) is 0 Å². The Morgan fingerprint density at radius 1 is 1.10 bits per heavy atom. The van der Waals surface area contributed by atoms with Crippen molar-refractivity contribution in [2.75, 3.05) is 19.5 Å². The van der Waals surface area contributed by atoms with Crippen LogP contribution >= 0.6 is 11.6 Å². The summed E-state index contributed by atoms with van der Waals surface area (Å²) < 4.78 is 32.5. The van der Waals surface area contributed by atoms with Crippen LogP contribution in [0, 0.1) is 0 Å². The van der Waals surface area contributed by atoms with E-state index in [0.29, 0.717) is 22.0 Å². The van der Waals surface area contributed by atoms with Gasteiger partial charge in [0.1, 0.15) is 5.75 Å². The summed E-state index contributed by atoms with van der Waals surface area (Å²) in [5.41, 5.74) is 0.782. The molecule has 0 aromatic heterocycles. The van der Waals surface area contributed by atoms with Gasteiger partial charge in [0, 0.05) is 23.7 Å². The predicted octanol–water partition coefficient (Wildman–Crippen LogP) is 4.55. The maximum Gasteiger partial charge on any atom is 0.255 e. The Morgan fingerprint density at radius 3 is 2.38 bits per heavy atom. The molecule has 3 rings (SSSR count). The number of nitrogens with zero attached hydrogens (tertiary/aromatic N) is 1. The molecule has 0 atom stereocenters. The van der Waals surface area contributed by atoms with Gasteiger partial charge in [-0.2, -0.15) is 4.31 Å². The third kappa shape index (κ3) is 4.91. The maximum absolute atomic E-state index is 12.9. The average Bonchev–Trinajstić information content (AvgIpc) is 2.74. The second kappa shape index (κ2) is 9.15. The van der Waals surface area contributed by atoms with Gasteiger partial charge in [-0.25, -0.2) is 8.42 Å². The predicted molar refractivity (Wildman–Crippen MR) is 114 cm³/mol. The van der Waals surface area contributed by atoms with Crippen LogP contribution in [0.5, 0.6) is 5.75 Å². The van der Waals surface area contributed by atoms with Crippen molar-refractivity contribution < 1.29 is 17.9 Å². The number of benzene rings is 2. The molecule has 29 heavy (non-hydrogen) atoms. The fourth-order valence-corrected chi connectivity index (χ4v) is 5.15. The molecule has 1 aliphatic rings. The Kier molecular flexibility index (Phi) is 6.82. The SMILES string of the molecule is COc1ccc(Cl)cc1NC(=O)c1ccc(S(=O)(=O)N(C)C2CCCCC2)cc1. The summed E-state index contributed by atoms with van der Waals surface area (Å²) in [6.07, 6.45) is 5.04. The van der Waals surface area contributed by atoms with Crippen LogP contribution in [-0.2, 0) is 10.0 Å². The first-order valence-corrected chi connectivity index (χ1v) is 11.4. The summed E-state index contributed by atoms with van der Waals surface area (Å²) in [6, 6.07) is 10.9. The highest BCUT2D eigenvalue weighted by atomic mass is 35.5. The molecule has 1 saturated carbocycles. The number of hydrogen-bond donors (Lipinski definition) is 1. The van der Waals surface area contributed by atoms with Crippen LogP contribution < -0.4 is 10.1 Å². The zero-order valence-electron chi connectivity index (χ0n) is 16.5. The van der Waals surface area contributed by atoms with Crippen LogP contribution in [0.2, 0.25) is 5.02 Å². The minimum Gasteiger partial charge on any atom is -0.495 e. The summed E-state index contributed by atoms with van der Waals surface area (Å²) in [7, 11) is -0.454. The number of ether oxygens (including phenoxy) is 1. The highest BCUT2D eigenvalue weighted by Gasteiger charge is 2.29. The summed E-state index contributed by atoms with van der Waals surface area (Å²) in [5, 5.41) is 3.21. The lowest BCUT2D eigenvalue weighted by Gasteiger charge is -2.30. The molecule has 1 amide bonds. The molecule has 2 aromatic carbocycles. The second-order valence-corrected chi connectivity index (χ2v) is 9.57. The normalized spacial score (nSPS) is 15.3. The average molecular weight is 437 g/mol. The van der Waals surface area contributed by atoms with Gasteiger partial charge in [-0.1, -0.05) is 30.9 Å². The molecule has 8 heteroatoms. The highest BCUT2D eigenvalue weighted by Crippen LogP contribution is 2.29. The molecule has 0 bridgehead atoms. The van der Waals surface area contributed by atoms with Crippen LogP contribution in [-0.4, -0.2) is 38.8 Å². The number of carbonyl (C=O) groups is 1. The van der Waals surface area contributed by atoms with Crippen LogP contribution in [0.25, 0.3) is 0 Å². The summed E-state index contributed by atoms with van der Waals surface area (Å²) in [5.74, 6) is 0.103. The number of halogens is 1. The number of hydrogen-bond acceptors (Lipinski definition) is 4. The smallest absolute Gasteiger partial charge is 0.255 e. The molecule has 0 aliphatic heterocycles. The molecular weight excluding hydrogens is 412 g/mol. The lowest BCUT2D eigenvalue weighted by molar-refractivity contribution is 0.102. The summed E-state index contributed by atoms with van der Waals surface area (Å²) in [4.78, 5) is 12.7. The molecule has 0 radical (unpaired) electrons. The van der Waals surface area contributed by atoms with Gasteiger partial charge in [0.05, 0.1) is 17.7 Å². The van der Waals surface area contributed by atoms with Gasteiger partial charge in [-0.05, 0) is 55.3 Å². The van der Waals surface area contributed by atoms with E-state index >= 15 is 0 Å². The van der Waals surface area contributed by atoms with Gasteiger partial charge >= 0.3 is 0 Å². The topological polar surface area (TPSA) is 75.7 Å². The van der Waals surface area contributed by atoms with Crippen molar-refractivity contribution in [2.24, 2.45) is 0 Å². The van der Waals surface area contributed by atoms with Crippen LogP contribution in [0.3, 0.4) is 0 Å². The van der Waals surface area contributed by atoms with E-state index in [1.807, 2.05) is 0 Å². The zero-order chi connectivity index (χ0) is 21.0. The zero-order valence-corrected chi connectivity index (χ0v) is 18.1. The van der Waals surface area contributed by atoms with Gasteiger partial charge in [-0.15, -0.1) is 0 Å². The molecule has 1 fully saturated rings. The van der Waals surface area contributed by atoms with Gasteiger partial charge in [-0.3, -0.25) is 4.79 Å². The minimum absolute atomic E-state index is 0.0343.